The molecule has 6 nitrogen and oxygen atoms in total. The first-order chi connectivity index (χ1) is 12.4. The van der Waals surface area contributed by atoms with Crippen molar-refractivity contribution in [2.45, 2.75) is 39.2 Å². The van der Waals surface area contributed by atoms with Gasteiger partial charge in [0, 0.05) is 18.4 Å². The molecule has 1 aromatic carbocycles. The zero-order valence-corrected chi connectivity index (χ0v) is 16.0. The van der Waals surface area contributed by atoms with Gasteiger partial charge in [-0.05, 0) is 12.1 Å². The summed E-state index contributed by atoms with van der Waals surface area (Å²) in [6, 6.07) is 9.98. The third kappa shape index (κ3) is 2.92. The van der Waals surface area contributed by atoms with E-state index in [1.165, 1.54) is 11.3 Å². The Morgan fingerprint density at radius 1 is 1.19 bits per heavy atom. The van der Waals surface area contributed by atoms with Crippen molar-refractivity contribution in [2.24, 2.45) is 0 Å². The predicted octanol–water partition coefficient (Wildman–Crippen LogP) is 3.22. The maximum atomic E-state index is 13.1. The van der Waals surface area contributed by atoms with E-state index in [4.69, 9.17) is 0 Å². The van der Waals surface area contributed by atoms with Crippen LogP contribution in [0.15, 0.2) is 35.8 Å². The summed E-state index contributed by atoms with van der Waals surface area (Å²) < 4.78 is 1.88. The van der Waals surface area contributed by atoms with Crippen molar-refractivity contribution in [1.82, 2.24) is 24.9 Å². The van der Waals surface area contributed by atoms with Crippen molar-refractivity contribution in [2.75, 3.05) is 6.54 Å². The quantitative estimate of drug-likeness (QED) is 0.698. The minimum atomic E-state index is -0.150. The second-order valence-electron chi connectivity index (χ2n) is 7.49. The second kappa shape index (κ2) is 6.32. The molecule has 1 aliphatic rings. The van der Waals surface area contributed by atoms with E-state index in [1.807, 2.05) is 39.9 Å². The molecule has 134 valence electrons. The Bertz CT molecular complexity index is 938. The number of nitrogens with zero attached hydrogens (tertiary/aromatic N) is 5. The van der Waals surface area contributed by atoms with Crippen molar-refractivity contribution in [1.29, 1.82) is 0 Å². The average molecular weight is 367 g/mol. The molecule has 0 bridgehead atoms. The molecular formula is C19H21N5OS. The Kier molecular flexibility index (Phi) is 4.11. The smallest absolute Gasteiger partial charge is 0.266 e. The van der Waals surface area contributed by atoms with Crippen LogP contribution in [-0.2, 0) is 18.4 Å². The highest BCUT2D eigenvalue weighted by Crippen LogP contribution is 2.29. The summed E-state index contributed by atoms with van der Waals surface area (Å²) in [5, 5.41) is 8.63. The van der Waals surface area contributed by atoms with E-state index in [9.17, 15) is 4.79 Å². The Labute approximate surface area is 156 Å². The van der Waals surface area contributed by atoms with Gasteiger partial charge in [-0.2, -0.15) is 0 Å². The number of aromatic nitrogens is 4. The average Bonchev–Trinajstić information content (AvgIpc) is 3.28. The van der Waals surface area contributed by atoms with E-state index in [1.54, 1.807) is 5.51 Å². The molecule has 0 spiro atoms. The highest BCUT2D eigenvalue weighted by atomic mass is 32.1. The van der Waals surface area contributed by atoms with E-state index < -0.39 is 0 Å². The molecule has 0 unspecified atom stereocenters. The number of amides is 1. The van der Waals surface area contributed by atoms with Crippen molar-refractivity contribution in [3.63, 3.8) is 0 Å². The fourth-order valence-electron chi connectivity index (χ4n) is 3.23. The molecule has 4 rings (SSSR count). The van der Waals surface area contributed by atoms with E-state index in [2.05, 4.69) is 36.1 Å². The van der Waals surface area contributed by atoms with E-state index >= 15 is 0 Å². The van der Waals surface area contributed by atoms with Crippen LogP contribution in [0.3, 0.4) is 0 Å². The van der Waals surface area contributed by atoms with Gasteiger partial charge >= 0.3 is 0 Å². The Morgan fingerprint density at radius 2 is 1.96 bits per heavy atom. The van der Waals surface area contributed by atoms with Crippen LogP contribution in [0.25, 0.3) is 5.69 Å². The van der Waals surface area contributed by atoms with E-state index in [-0.39, 0.29) is 11.3 Å². The van der Waals surface area contributed by atoms with Gasteiger partial charge in [-0.25, -0.2) is 9.67 Å². The van der Waals surface area contributed by atoms with Crippen LogP contribution in [0.2, 0.25) is 0 Å². The maximum Gasteiger partial charge on any atom is 0.266 e. The third-order valence-electron chi connectivity index (χ3n) is 4.56. The molecule has 0 radical (unpaired) electrons. The summed E-state index contributed by atoms with van der Waals surface area (Å²) in [5.41, 5.74) is 5.43. The van der Waals surface area contributed by atoms with Crippen LogP contribution in [0.4, 0.5) is 0 Å². The number of para-hydroxylation sites is 1. The number of hydrogen-bond donors (Lipinski definition) is 0. The molecule has 0 saturated carbocycles. The molecule has 7 heteroatoms. The van der Waals surface area contributed by atoms with Crippen LogP contribution in [0.1, 0.15) is 47.5 Å². The van der Waals surface area contributed by atoms with E-state index in [0.717, 1.165) is 34.1 Å². The van der Waals surface area contributed by atoms with Crippen molar-refractivity contribution in [3.8, 4) is 5.69 Å². The number of benzene rings is 1. The largest absolute Gasteiger partial charge is 0.331 e. The Balaban J connectivity index is 1.60. The Morgan fingerprint density at radius 3 is 2.69 bits per heavy atom. The number of hydrogen-bond acceptors (Lipinski definition) is 5. The lowest BCUT2D eigenvalue weighted by molar-refractivity contribution is 0.0733. The minimum Gasteiger partial charge on any atom is -0.331 e. The first-order valence-corrected chi connectivity index (χ1v) is 9.55. The van der Waals surface area contributed by atoms with Crippen molar-refractivity contribution in [3.05, 3.63) is 57.8 Å². The van der Waals surface area contributed by atoms with Gasteiger partial charge in [0.25, 0.3) is 5.91 Å². The van der Waals surface area contributed by atoms with E-state index in [0.29, 0.717) is 13.1 Å². The molecule has 1 aliphatic heterocycles. The highest BCUT2D eigenvalue weighted by Gasteiger charge is 2.31. The summed E-state index contributed by atoms with van der Waals surface area (Å²) in [6.45, 7) is 7.39. The molecule has 1 amide bonds. The third-order valence-corrected chi connectivity index (χ3v) is 5.38. The van der Waals surface area contributed by atoms with Crippen LogP contribution in [-0.4, -0.2) is 37.3 Å². The fourth-order valence-corrected chi connectivity index (χ4v) is 4.20. The molecule has 0 atom stereocenters. The van der Waals surface area contributed by atoms with Crippen LogP contribution in [0.5, 0.6) is 0 Å². The normalized spacial score (nSPS) is 14.3. The highest BCUT2D eigenvalue weighted by molar-refractivity contribution is 7.11. The van der Waals surface area contributed by atoms with Gasteiger partial charge in [0.05, 0.1) is 29.1 Å². The van der Waals surface area contributed by atoms with Gasteiger partial charge in [0.15, 0.2) is 0 Å². The van der Waals surface area contributed by atoms with Crippen molar-refractivity contribution < 1.29 is 4.79 Å². The van der Waals surface area contributed by atoms with Gasteiger partial charge < -0.3 is 4.90 Å². The summed E-state index contributed by atoms with van der Waals surface area (Å²) in [7, 11) is 0. The van der Waals surface area contributed by atoms with Crippen LogP contribution in [0, 0.1) is 0 Å². The molecule has 2 aromatic heterocycles. The SMILES string of the molecule is CC(C)(C)c1ncsc1C(=O)N1CCc2c(nnn2-c2ccccc2)C1. The minimum absolute atomic E-state index is 0.0392. The molecule has 3 aromatic rings. The lowest BCUT2D eigenvalue weighted by Gasteiger charge is -2.27. The number of thiazole rings is 1. The van der Waals surface area contributed by atoms with Gasteiger partial charge in [-0.1, -0.05) is 44.2 Å². The molecule has 26 heavy (non-hydrogen) atoms. The first kappa shape index (κ1) is 16.9. The first-order valence-electron chi connectivity index (χ1n) is 8.67. The second-order valence-corrected chi connectivity index (χ2v) is 8.34. The standard InChI is InChI=1S/C19H21N5OS/c1-19(2,3)17-16(26-12-20-17)18(25)23-10-9-15-14(11-23)21-22-24(15)13-7-5-4-6-8-13/h4-8,12H,9-11H2,1-3H3. The summed E-state index contributed by atoms with van der Waals surface area (Å²) in [6.07, 6.45) is 0.743. The van der Waals surface area contributed by atoms with Gasteiger partial charge in [0.2, 0.25) is 0 Å². The zero-order valence-electron chi connectivity index (χ0n) is 15.1. The van der Waals surface area contributed by atoms with Gasteiger partial charge in [-0.3, -0.25) is 4.79 Å². The summed E-state index contributed by atoms with van der Waals surface area (Å²) in [4.78, 5) is 20.1. The zero-order chi connectivity index (χ0) is 18.3. The number of rotatable bonds is 2. The van der Waals surface area contributed by atoms with Crippen LogP contribution < -0.4 is 0 Å². The summed E-state index contributed by atoms with van der Waals surface area (Å²) >= 11 is 1.42. The lowest BCUT2D eigenvalue weighted by atomic mass is 9.91. The number of carbonyl (C=O) groups excluding carboxylic acids is 1. The summed E-state index contributed by atoms with van der Waals surface area (Å²) in [5.74, 6) is 0.0392. The predicted molar refractivity (Wildman–Crippen MR) is 101 cm³/mol. The molecule has 3 heterocycles. The number of carbonyl (C=O) groups is 1. The molecule has 0 N–H and O–H groups in total. The molecule has 0 aliphatic carbocycles. The van der Waals surface area contributed by atoms with Crippen LogP contribution >= 0.6 is 11.3 Å². The molecule has 0 fully saturated rings. The fraction of sp³-hybridized carbons (Fsp3) is 0.368. The maximum absolute atomic E-state index is 13.1. The molecule has 0 saturated heterocycles. The topological polar surface area (TPSA) is 63.9 Å². The Hall–Kier alpha value is -2.54. The number of fused-ring (bicyclic) bond motifs is 1. The molecular weight excluding hydrogens is 346 g/mol. The monoisotopic (exact) mass is 367 g/mol. The van der Waals surface area contributed by atoms with Gasteiger partial charge in [0.1, 0.15) is 10.6 Å². The van der Waals surface area contributed by atoms with Gasteiger partial charge in [-0.15, -0.1) is 16.4 Å². The lowest BCUT2D eigenvalue weighted by Crippen LogP contribution is -2.37. The van der Waals surface area contributed by atoms with Crippen molar-refractivity contribution >= 4 is 17.2 Å².